The Hall–Kier alpha value is -3.18. The molecule has 0 saturated carbocycles. The van der Waals surface area contributed by atoms with Gasteiger partial charge in [-0.3, -0.25) is 9.52 Å². The molecule has 0 bridgehead atoms. The third kappa shape index (κ3) is 5.49. The molecule has 38 heavy (non-hydrogen) atoms. The van der Waals surface area contributed by atoms with E-state index in [4.69, 9.17) is 21.7 Å². The van der Waals surface area contributed by atoms with Crippen molar-refractivity contribution < 1.29 is 13.2 Å². The van der Waals surface area contributed by atoms with E-state index in [1.807, 2.05) is 19.2 Å². The van der Waals surface area contributed by atoms with Crippen molar-refractivity contribution in [3.8, 4) is 0 Å². The fourth-order valence-corrected chi connectivity index (χ4v) is 6.23. The Bertz CT molecular complexity index is 1490. The number of benzene rings is 1. The molecule has 5 rings (SSSR count). The number of fused-ring (bicyclic) bond motifs is 1. The molecule has 4 heterocycles. The molecular weight excluding hydrogens is 526 g/mol. The van der Waals surface area contributed by atoms with Crippen molar-refractivity contribution in [1.82, 2.24) is 19.5 Å². The molecule has 2 saturated heterocycles. The molecule has 1 amide bonds. The minimum absolute atomic E-state index is 0.207. The van der Waals surface area contributed by atoms with Gasteiger partial charge >= 0.3 is 0 Å². The van der Waals surface area contributed by atoms with E-state index >= 15 is 0 Å². The number of carbonyl (C=O) groups excluding carboxylic acids is 1. The lowest BCUT2D eigenvalue weighted by atomic mass is 9.98. The number of nitrogens with zero attached hydrogens (tertiary/aromatic N) is 6. The molecule has 1 aromatic carbocycles. The van der Waals surface area contributed by atoms with Crippen LogP contribution in [0.1, 0.15) is 53.3 Å². The van der Waals surface area contributed by atoms with Crippen LogP contribution in [0.5, 0.6) is 0 Å². The van der Waals surface area contributed by atoms with Crippen LogP contribution in [-0.4, -0.2) is 73.0 Å². The summed E-state index contributed by atoms with van der Waals surface area (Å²) >= 11 is 6.20. The lowest BCUT2D eigenvalue weighted by Gasteiger charge is -2.35. The van der Waals surface area contributed by atoms with Crippen molar-refractivity contribution in [2.75, 3.05) is 42.1 Å². The molecule has 0 aliphatic carbocycles. The molecule has 3 aromatic rings. The second-order valence-electron chi connectivity index (χ2n) is 10.2. The standard InChI is InChI=1S/C26H32ClN7O3S/c1-17-15-34-24(29-25(17)32-11-9-18(16-32)14-28-2)13-22(30-34)23-6-4-5-10-33(23)26(35)20-12-19(27)7-8-21(20)31-38(3,36)37/h7-8,12-13,15,18,23,31H,2,4-6,9-11,14,16H2,1,3H3. The molecule has 2 atom stereocenters. The zero-order chi connectivity index (χ0) is 27.0. The summed E-state index contributed by atoms with van der Waals surface area (Å²) in [6.07, 6.45) is 6.66. The van der Waals surface area contributed by atoms with Gasteiger partial charge in [-0.25, -0.2) is 17.9 Å². The number of hydrogen-bond acceptors (Lipinski definition) is 7. The number of aliphatic imine (C=N–C) groups is 1. The van der Waals surface area contributed by atoms with Crippen molar-refractivity contribution in [2.45, 2.75) is 38.6 Å². The highest BCUT2D eigenvalue weighted by Crippen LogP contribution is 2.34. The summed E-state index contributed by atoms with van der Waals surface area (Å²) in [6.45, 7) is 8.79. The molecule has 2 aromatic heterocycles. The van der Waals surface area contributed by atoms with Gasteiger partial charge in [0.25, 0.3) is 5.91 Å². The quantitative estimate of drug-likeness (QED) is 0.440. The smallest absolute Gasteiger partial charge is 0.256 e. The molecule has 2 unspecified atom stereocenters. The number of aryl methyl sites for hydroxylation is 1. The van der Waals surface area contributed by atoms with Crippen molar-refractivity contribution in [2.24, 2.45) is 10.9 Å². The van der Waals surface area contributed by atoms with E-state index in [1.54, 1.807) is 15.5 Å². The minimum atomic E-state index is -3.58. The van der Waals surface area contributed by atoms with Crippen LogP contribution < -0.4 is 9.62 Å². The molecule has 0 spiro atoms. The number of anilines is 2. The highest BCUT2D eigenvalue weighted by Gasteiger charge is 2.32. The number of amides is 1. The molecule has 1 N–H and O–H groups in total. The number of nitrogens with one attached hydrogen (secondary N) is 1. The van der Waals surface area contributed by atoms with Gasteiger partial charge in [0.1, 0.15) is 5.82 Å². The normalized spacial score (nSPS) is 20.2. The summed E-state index contributed by atoms with van der Waals surface area (Å²) in [6, 6.07) is 6.27. The number of hydrogen-bond donors (Lipinski definition) is 1. The summed E-state index contributed by atoms with van der Waals surface area (Å²) in [4.78, 5) is 26.9. The largest absolute Gasteiger partial charge is 0.356 e. The van der Waals surface area contributed by atoms with Crippen molar-refractivity contribution in [1.29, 1.82) is 0 Å². The lowest BCUT2D eigenvalue weighted by Crippen LogP contribution is -2.39. The van der Waals surface area contributed by atoms with Crippen LogP contribution >= 0.6 is 11.6 Å². The highest BCUT2D eigenvalue weighted by atomic mass is 35.5. The molecular formula is C26H32ClN7O3S. The summed E-state index contributed by atoms with van der Waals surface area (Å²) in [5, 5.41) is 5.17. The third-order valence-electron chi connectivity index (χ3n) is 7.21. The van der Waals surface area contributed by atoms with Crippen LogP contribution in [0.25, 0.3) is 5.65 Å². The Morgan fingerprint density at radius 1 is 1.24 bits per heavy atom. The van der Waals surface area contributed by atoms with E-state index in [9.17, 15) is 13.2 Å². The topological polar surface area (TPSA) is 112 Å². The van der Waals surface area contributed by atoms with E-state index < -0.39 is 10.0 Å². The van der Waals surface area contributed by atoms with Crippen molar-refractivity contribution in [3.05, 3.63) is 52.3 Å². The van der Waals surface area contributed by atoms with E-state index in [0.717, 1.165) is 74.3 Å². The van der Waals surface area contributed by atoms with Crippen LogP contribution in [0.3, 0.4) is 0 Å². The first-order valence-electron chi connectivity index (χ1n) is 12.8. The van der Waals surface area contributed by atoms with E-state index in [2.05, 4.69) is 21.3 Å². The van der Waals surface area contributed by atoms with Gasteiger partial charge in [0.15, 0.2) is 5.65 Å². The number of carbonyl (C=O) groups is 1. The Morgan fingerprint density at radius 2 is 2.05 bits per heavy atom. The average molecular weight is 558 g/mol. The number of halogens is 1. The highest BCUT2D eigenvalue weighted by molar-refractivity contribution is 7.92. The van der Waals surface area contributed by atoms with Crippen LogP contribution in [0.2, 0.25) is 5.02 Å². The first kappa shape index (κ1) is 26.4. The predicted octanol–water partition coefficient (Wildman–Crippen LogP) is 3.96. The second kappa shape index (κ2) is 10.5. The molecule has 2 aliphatic heterocycles. The Morgan fingerprint density at radius 3 is 2.82 bits per heavy atom. The zero-order valence-corrected chi connectivity index (χ0v) is 23.2. The van der Waals surface area contributed by atoms with E-state index in [1.165, 1.54) is 12.1 Å². The maximum absolute atomic E-state index is 13.8. The molecule has 2 fully saturated rings. The summed E-state index contributed by atoms with van der Waals surface area (Å²) in [5.74, 6) is 1.15. The van der Waals surface area contributed by atoms with Crippen LogP contribution in [-0.2, 0) is 10.0 Å². The number of likely N-dealkylation sites (tertiary alicyclic amines) is 1. The fourth-order valence-electron chi connectivity index (χ4n) is 5.48. The molecule has 10 nitrogen and oxygen atoms in total. The molecule has 0 radical (unpaired) electrons. The van der Waals surface area contributed by atoms with Crippen LogP contribution in [0.4, 0.5) is 11.5 Å². The van der Waals surface area contributed by atoms with E-state index in [-0.39, 0.29) is 23.2 Å². The summed E-state index contributed by atoms with van der Waals surface area (Å²) in [7, 11) is -3.58. The first-order valence-corrected chi connectivity index (χ1v) is 15.0. The van der Waals surface area contributed by atoms with Gasteiger partial charge in [0, 0.05) is 49.0 Å². The van der Waals surface area contributed by atoms with Gasteiger partial charge in [-0.1, -0.05) is 11.6 Å². The maximum atomic E-state index is 13.8. The van der Waals surface area contributed by atoms with Crippen LogP contribution in [0, 0.1) is 12.8 Å². The number of sulfonamides is 1. The van der Waals surface area contributed by atoms with E-state index in [0.29, 0.717) is 17.5 Å². The third-order valence-corrected chi connectivity index (χ3v) is 8.03. The number of aromatic nitrogens is 3. The van der Waals surface area contributed by atoms with Gasteiger partial charge in [-0.15, -0.1) is 0 Å². The van der Waals surface area contributed by atoms with Crippen LogP contribution in [0.15, 0.2) is 35.5 Å². The van der Waals surface area contributed by atoms with Gasteiger partial charge in [-0.05, 0) is 63.4 Å². The van der Waals surface area contributed by atoms with Gasteiger partial charge in [0.05, 0.1) is 29.2 Å². The first-order chi connectivity index (χ1) is 18.1. The Balaban J connectivity index is 1.46. The Kier molecular flexibility index (Phi) is 7.32. The van der Waals surface area contributed by atoms with Gasteiger partial charge in [0.2, 0.25) is 10.0 Å². The van der Waals surface area contributed by atoms with Crippen molar-refractivity contribution in [3.63, 3.8) is 0 Å². The zero-order valence-electron chi connectivity index (χ0n) is 21.6. The average Bonchev–Trinajstić information content (AvgIpc) is 3.50. The van der Waals surface area contributed by atoms with Crippen molar-refractivity contribution >= 4 is 51.4 Å². The minimum Gasteiger partial charge on any atom is -0.356 e. The molecule has 2 aliphatic rings. The van der Waals surface area contributed by atoms with Gasteiger partial charge in [-0.2, -0.15) is 5.10 Å². The summed E-state index contributed by atoms with van der Waals surface area (Å²) < 4.78 is 28.1. The second-order valence-corrected chi connectivity index (χ2v) is 12.4. The Labute approximate surface area is 227 Å². The summed E-state index contributed by atoms with van der Waals surface area (Å²) in [5.41, 5.74) is 2.94. The van der Waals surface area contributed by atoms with Gasteiger partial charge < -0.3 is 14.8 Å². The predicted molar refractivity (Wildman–Crippen MR) is 150 cm³/mol. The lowest BCUT2D eigenvalue weighted by molar-refractivity contribution is 0.0607. The fraction of sp³-hybridized carbons (Fsp3) is 0.462. The monoisotopic (exact) mass is 557 g/mol. The molecule has 202 valence electrons. The number of piperidine rings is 1. The maximum Gasteiger partial charge on any atom is 0.256 e. The molecule has 12 heteroatoms. The SMILES string of the molecule is C=NCC1CCN(c2nc3cc(C4CCCCN4C(=O)c4cc(Cl)ccc4NS(C)(=O)=O)nn3cc2C)C1. The number of rotatable bonds is 7.